The Morgan fingerprint density at radius 3 is 1.50 bits per heavy atom. The van der Waals surface area contributed by atoms with Crippen molar-refractivity contribution in [2.75, 3.05) is 19.6 Å². The third-order valence-corrected chi connectivity index (χ3v) is 3.10. The number of nitrogens with two attached hydrogens (primary N) is 1. The van der Waals surface area contributed by atoms with Crippen LogP contribution in [0.25, 0.3) is 0 Å². The maximum Gasteiger partial charge on any atom is 0.148 e. The molecule has 0 amide bonds. The first kappa shape index (κ1) is 12.1. The van der Waals surface area contributed by atoms with Crippen LogP contribution in [0.15, 0.2) is 0 Å². The van der Waals surface area contributed by atoms with Crippen LogP contribution in [-0.4, -0.2) is 34.7 Å². The van der Waals surface area contributed by atoms with Crippen LogP contribution < -0.4 is 21.3 Å². The Morgan fingerprint density at radius 2 is 1.33 bits per heavy atom. The topological polar surface area (TPSA) is 62.1 Å². The molecular weight excluding hydrogens is 168 g/mol. The Morgan fingerprint density at radius 1 is 1.00 bits per heavy atom. The lowest BCUT2D eigenvalue weighted by molar-refractivity contribution is 0.315. The van der Waals surface area contributed by atoms with Gasteiger partial charge in [-0.15, -0.1) is 0 Å². The van der Waals surface area contributed by atoms with Gasteiger partial charge in [0.05, 0.1) is 0 Å². The van der Waals surface area contributed by atoms with Crippen LogP contribution in [0.4, 0.5) is 0 Å². The van der Waals surface area contributed by atoms with Crippen LogP contribution in [-0.2, 0) is 0 Å². The Kier molecular flexibility index (Phi) is 6.59. The predicted molar refractivity (Wildman–Crippen MR) is 56.5 cm³/mol. The Labute approximate surface area is 77.6 Å². The van der Waals surface area contributed by atoms with E-state index in [2.05, 4.69) is 36.7 Å². The summed E-state index contributed by atoms with van der Waals surface area (Å²) in [5.41, 5.74) is -0.141. The van der Waals surface area contributed by atoms with Gasteiger partial charge in [0.1, 0.15) is 15.1 Å². The van der Waals surface area contributed by atoms with Crippen molar-refractivity contribution in [2.45, 2.75) is 26.2 Å². The first-order chi connectivity index (χ1) is 5.74. The largest absolute Gasteiger partial charge is 0.352 e. The molecule has 0 heterocycles. The molecule has 0 fully saturated rings. The average molecular weight is 190 g/mol. The minimum absolute atomic E-state index is 0.141. The molecule has 12 heavy (non-hydrogen) atoms. The van der Waals surface area contributed by atoms with Crippen LogP contribution in [0, 0.1) is 0 Å². The summed E-state index contributed by atoms with van der Waals surface area (Å²) in [6, 6.07) is 0. The SMILES string of the molecule is CCNC(NCC)(NCC)[SiH2]N. The van der Waals surface area contributed by atoms with Gasteiger partial charge in [-0.05, 0) is 19.6 Å². The molecular formula is C7H22N4Si. The van der Waals surface area contributed by atoms with E-state index in [0.717, 1.165) is 19.6 Å². The van der Waals surface area contributed by atoms with Crippen LogP contribution in [0.5, 0.6) is 0 Å². The first-order valence-electron chi connectivity index (χ1n) is 4.69. The molecule has 0 aromatic carbocycles. The summed E-state index contributed by atoms with van der Waals surface area (Å²) < 4.78 is 0. The first-order valence-corrected chi connectivity index (χ1v) is 6.22. The van der Waals surface area contributed by atoms with Crippen LogP contribution in [0.2, 0.25) is 0 Å². The molecule has 0 aliphatic heterocycles. The van der Waals surface area contributed by atoms with Gasteiger partial charge in [0, 0.05) is 0 Å². The van der Waals surface area contributed by atoms with Crippen molar-refractivity contribution in [1.82, 2.24) is 16.0 Å². The van der Waals surface area contributed by atoms with Crippen molar-refractivity contribution < 1.29 is 0 Å². The fraction of sp³-hybridized carbons (Fsp3) is 1.00. The molecule has 0 aromatic rings. The third kappa shape index (κ3) is 3.64. The fourth-order valence-corrected chi connectivity index (χ4v) is 2.49. The Balaban J connectivity index is 4.06. The second-order valence-electron chi connectivity index (χ2n) is 2.70. The monoisotopic (exact) mass is 190 g/mol. The molecule has 0 unspecified atom stereocenters. The van der Waals surface area contributed by atoms with Gasteiger partial charge in [-0.25, -0.2) is 0 Å². The van der Waals surface area contributed by atoms with E-state index in [1.165, 1.54) is 0 Å². The molecule has 0 aliphatic rings. The van der Waals surface area contributed by atoms with Crippen molar-refractivity contribution in [3.05, 3.63) is 0 Å². The fourth-order valence-electron chi connectivity index (χ4n) is 1.31. The van der Waals surface area contributed by atoms with Gasteiger partial charge >= 0.3 is 0 Å². The molecule has 0 radical (unpaired) electrons. The maximum absolute atomic E-state index is 5.82. The molecule has 0 atom stereocenters. The lowest BCUT2D eigenvalue weighted by atomic mass is 10.6. The minimum atomic E-state index is -0.645. The highest BCUT2D eigenvalue weighted by Gasteiger charge is 2.24. The second-order valence-corrected chi connectivity index (χ2v) is 4.17. The van der Waals surface area contributed by atoms with Gasteiger partial charge in [0.2, 0.25) is 0 Å². The van der Waals surface area contributed by atoms with E-state index in [1.807, 2.05) is 0 Å². The molecule has 0 aliphatic carbocycles. The lowest BCUT2D eigenvalue weighted by Crippen LogP contribution is -2.72. The molecule has 74 valence electrons. The number of hydrogen-bond donors (Lipinski definition) is 4. The Bertz CT molecular complexity index is 92.6. The van der Waals surface area contributed by atoms with Crippen LogP contribution >= 0.6 is 0 Å². The predicted octanol–water partition coefficient (Wildman–Crippen LogP) is -1.53. The minimum Gasteiger partial charge on any atom is -0.352 e. The summed E-state index contributed by atoms with van der Waals surface area (Å²) in [6.45, 7) is 9.08. The number of nitrogens with one attached hydrogen (secondary N) is 3. The summed E-state index contributed by atoms with van der Waals surface area (Å²) in [5.74, 6) is 0. The highest BCUT2D eigenvalue weighted by molar-refractivity contribution is 6.35. The molecule has 0 spiro atoms. The molecule has 0 rings (SSSR count). The molecule has 0 saturated heterocycles. The van der Waals surface area contributed by atoms with Gasteiger partial charge in [-0.1, -0.05) is 20.8 Å². The quantitative estimate of drug-likeness (QED) is 0.291. The summed E-state index contributed by atoms with van der Waals surface area (Å²) in [4.78, 5) is 0. The van der Waals surface area contributed by atoms with Crippen molar-refractivity contribution in [3.63, 3.8) is 0 Å². The van der Waals surface area contributed by atoms with E-state index < -0.39 is 9.68 Å². The van der Waals surface area contributed by atoms with Crippen LogP contribution in [0.3, 0.4) is 0 Å². The van der Waals surface area contributed by atoms with E-state index in [-0.39, 0.29) is 5.41 Å². The van der Waals surface area contributed by atoms with E-state index in [1.54, 1.807) is 0 Å². The van der Waals surface area contributed by atoms with Gasteiger partial charge in [0.25, 0.3) is 0 Å². The van der Waals surface area contributed by atoms with Gasteiger partial charge in [-0.2, -0.15) is 0 Å². The van der Waals surface area contributed by atoms with Gasteiger partial charge < -0.3 is 5.40 Å². The lowest BCUT2D eigenvalue weighted by Gasteiger charge is -2.34. The zero-order chi connectivity index (χ0) is 9.45. The standard InChI is InChI=1S/C7H22N4Si/c1-4-9-7(12-8,10-5-2)11-6-3/h9-11H,4-6,8,12H2,1-3H3. The zero-order valence-corrected chi connectivity index (χ0v) is 9.82. The van der Waals surface area contributed by atoms with Crippen LogP contribution in [0.1, 0.15) is 20.8 Å². The summed E-state index contributed by atoms with van der Waals surface area (Å²) >= 11 is 0. The van der Waals surface area contributed by atoms with E-state index in [4.69, 9.17) is 5.40 Å². The van der Waals surface area contributed by atoms with Crippen molar-refractivity contribution in [2.24, 2.45) is 5.40 Å². The molecule has 0 bridgehead atoms. The molecule has 5 heteroatoms. The molecule has 0 aromatic heterocycles. The smallest absolute Gasteiger partial charge is 0.148 e. The summed E-state index contributed by atoms with van der Waals surface area (Å²) in [7, 11) is -0.645. The van der Waals surface area contributed by atoms with E-state index >= 15 is 0 Å². The second kappa shape index (κ2) is 6.56. The zero-order valence-electron chi connectivity index (χ0n) is 8.41. The third-order valence-electron chi connectivity index (χ3n) is 1.74. The van der Waals surface area contributed by atoms with E-state index in [9.17, 15) is 0 Å². The van der Waals surface area contributed by atoms with Gasteiger partial charge in [0.15, 0.2) is 0 Å². The average Bonchev–Trinajstić information content (AvgIpc) is 2.06. The van der Waals surface area contributed by atoms with E-state index in [0.29, 0.717) is 0 Å². The normalized spacial score (nSPS) is 13.0. The van der Waals surface area contributed by atoms with Gasteiger partial charge in [-0.3, -0.25) is 16.0 Å². The van der Waals surface area contributed by atoms with Crippen molar-refractivity contribution in [3.8, 4) is 0 Å². The van der Waals surface area contributed by atoms with Crippen molar-refractivity contribution in [1.29, 1.82) is 0 Å². The molecule has 4 nitrogen and oxygen atoms in total. The molecule has 5 N–H and O–H groups in total. The molecule has 0 saturated carbocycles. The van der Waals surface area contributed by atoms with Crippen molar-refractivity contribution >= 4 is 9.68 Å². The number of hydrogen-bond acceptors (Lipinski definition) is 4. The summed E-state index contributed by atoms with van der Waals surface area (Å²) in [5, 5.41) is 15.9. The highest BCUT2D eigenvalue weighted by Crippen LogP contribution is 1.88. The Hall–Kier alpha value is 0.0569. The number of rotatable bonds is 7. The highest BCUT2D eigenvalue weighted by atomic mass is 28.2. The summed E-state index contributed by atoms with van der Waals surface area (Å²) in [6.07, 6.45) is 0. The maximum atomic E-state index is 5.82.